The van der Waals surface area contributed by atoms with Crippen molar-refractivity contribution in [3.8, 4) is 11.5 Å². The zero-order chi connectivity index (χ0) is 14.1. The largest absolute Gasteiger partial charge is 0.486 e. The minimum atomic E-state index is -1.05. The number of aliphatic hydroxyl groups excluding tert-OH is 1. The van der Waals surface area contributed by atoms with Crippen LogP contribution in [0.15, 0.2) is 40.9 Å². The van der Waals surface area contributed by atoms with Gasteiger partial charge in [0.05, 0.1) is 0 Å². The Balaban J connectivity index is 1.97. The number of hydrogen-bond donors (Lipinski definition) is 1. The fraction of sp³-hybridized carbons (Fsp3) is 0.200. The Morgan fingerprint density at radius 1 is 1.05 bits per heavy atom. The molecule has 0 amide bonds. The van der Waals surface area contributed by atoms with Crippen LogP contribution in [0.1, 0.15) is 17.2 Å². The van der Waals surface area contributed by atoms with Crippen LogP contribution in [-0.2, 0) is 0 Å². The third-order valence-electron chi connectivity index (χ3n) is 3.13. The van der Waals surface area contributed by atoms with Crippen LogP contribution in [0.4, 0.5) is 4.39 Å². The summed E-state index contributed by atoms with van der Waals surface area (Å²) >= 11 is 3.27. The molecule has 0 saturated carbocycles. The Bertz CT molecular complexity index is 645. The van der Waals surface area contributed by atoms with Gasteiger partial charge in [0.1, 0.15) is 25.1 Å². The van der Waals surface area contributed by atoms with E-state index in [1.807, 2.05) is 0 Å². The van der Waals surface area contributed by atoms with Crippen molar-refractivity contribution in [1.29, 1.82) is 0 Å². The summed E-state index contributed by atoms with van der Waals surface area (Å²) in [6, 6.07) is 9.59. The van der Waals surface area contributed by atoms with Gasteiger partial charge in [-0.1, -0.05) is 22.0 Å². The number of hydrogen-bond acceptors (Lipinski definition) is 3. The van der Waals surface area contributed by atoms with E-state index in [1.54, 1.807) is 30.3 Å². The predicted octanol–water partition coefficient (Wildman–Crippen LogP) is 3.44. The highest BCUT2D eigenvalue weighted by atomic mass is 79.9. The molecule has 2 aromatic carbocycles. The first kappa shape index (κ1) is 13.4. The molecule has 0 saturated heterocycles. The lowest BCUT2D eigenvalue weighted by molar-refractivity contribution is 0.169. The molecule has 0 aliphatic carbocycles. The Morgan fingerprint density at radius 3 is 2.60 bits per heavy atom. The van der Waals surface area contributed by atoms with Gasteiger partial charge in [-0.25, -0.2) is 4.39 Å². The average Bonchev–Trinajstić information content (AvgIpc) is 2.48. The van der Waals surface area contributed by atoms with Gasteiger partial charge in [0.25, 0.3) is 0 Å². The first-order valence-corrected chi connectivity index (χ1v) is 6.97. The molecule has 1 unspecified atom stereocenters. The average molecular weight is 339 g/mol. The maximum atomic E-state index is 13.8. The highest BCUT2D eigenvalue weighted by molar-refractivity contribution is 9.10. The van der Waals surface area contributed by atoms with E-state index in [0.717, 1.165) is 0 Å². The summed E-state index contributed by atoms with van der Waals surface area (Å²) in [5.41, 5.74) is 0.780. The number of ether oxygens (including phenoxy) is 2. The van der Waals surface area contributed by atoms with Crippen molar-refractivity contribution in [1.82, 2.24) is 0 Å². The Hall–Kier alpha value is -1.59. The van der Waals surface area contributed by atoms with Gasteiger partial charge in [0.15, 0.2) is 11.5 Å². The first-order valence-electron chi connectivity index (χ1n) is 6.18. The molecule has 1 aliphatic heterocycles. The SMILES string of the molecule is OC(c1ccc2c(c1)OCCO2)c1cc(Br)ccc1F. The fourth-order valence-electron chi connectivity index (χ4n) is 2.13. The molecule has 1 N–H and O–H groups in total. The molecular weight excluding hydrogens is 327 g/mol. The van der Waals surface area contributed by atoms with Crippen molar-refractivity contribution < 1.29 is 19.0 Å². The number of benzene rings is 2. The lowest BCUT2D eigenvalue weighted by Gasteiger charge is -2.20. The third-order valence-corrected chi connectivity index (χ3v) is 3.63. The molecule has 3 rings (SSSR count). The fourth-order valence-corrected chi connectivity index (χ4v) is 2.51. The summed E-state index contributed by atoms with van der Waals surface area (Å²) < 4.78 is 25.4. The van der Waals surface area contributed by atoms with Crippen LogP contribution in [0.2, 0.25) is 0 Å². The lowest BCUT2D eigenvalue weighted by Crippen LogP contribution is -2.15. The summed E-state index contributed by atoms with van der Waals surface area (Å²) in [5.74, 6) is 0.765. The predicted molar refractivity (Wildman–Crippen MR) is 75.6 cm³/mol. The molecule has 2 aromatic rings. The van der Waals surface area contributed by atoms with Crippen molar-refractivity contribution in [2.24, 2.45) is 0 Å². The summed E-state index contributed by atoms with van der Waals surface area (Å²) in [6.45, 7) is 0.979. The van der Waals surface area contributed by atoms with Gasteiger partial charge in [-0.2, -0.15) is 0 Å². The molecule has 20 heavy (non-hydrogen) atoms. The van der Waals surface area contributed by atoms with Crippen LogP contribution in [0, 0.1) is 5.82 Å². The molecule has 1 atom stereocenters. The molecule has 1 aliphatic rings. The summed E-state index contributed by atoms with van der Waals surface area (Å²) in [6.07, 6.45) is -1.05. The second-order valence-electron chi connectivity index (χ2n) is 4.47. The number of aliphatic hydroxyl groups is 1. The number of fused-ring (bicyclic) bond motifs is 1. The Labute approximate surface area is 124 Å². The van der Waals surface area contributed by atoms with E-state index in [9.17, 15) is 9.50 Å². The molecule has 0 fully saturated rings. The summed E-state index contributed by atoms with van der Waals surface area (Å²) in [4.78, 5) is 0. The lowest BCUT2D eigenvalue weighted by atomic mass is 10.0. The second-order valence-corrected chi connectivity index (χ2v) is 5.39. The minimum absolute atomic E-state index is 0.219. The number of rotatable bonds is 2. The van der Waals surface area contributed by atoms with Gasteiger partial charge >= 0.3 is 0 Å². The van der Waals surface area contributed by atoms with Crippen LogP contribution in [0.25, 0.3) is 0 Å². The highest BCUT2D eigenvalue weighted by Crippen LogP contribution is 2.35. The Morgan fingerprint density at radius 2 is 1.80 bits per heavy atom. The molecule has 0 spiro atoms. The van der Waals surface area contributed by atoms with Gasteiger partial charge in [0.2, 0.25) is 0 Å². The number of halogens is 2. The summed E-state index contributed by atoms with van der Waals surface area (Å²) in [5, 5.41) is 10.3. The highest BCUT2D eigenvalue weighted by Gasteiger charge is 2.19. The van der Waals surface area contributed by atoms with Crippen LogP contribution in [0.5, 0.6) is 11.5 Å². The molecule has 0 bridgehead atoms. The normalized spacial score (nSPS) is 14.9. The topological polar surface area (TPSA) is 38.7 Å². The second kappa shape index (κ2) is 5.42. The molecule has 1 heterocycles. The van der Waals surface area contributed by atoms with E-state index in [2.05, 4.69) is 15.9 Å². The maximum Gasteiger partial charge on any atom is 0.161 e. The molecule has 3 nitrogen and oxygen atoms in total. The molecular formula is C15H12BrFO3. The van der Waals surface area contributed by atoms with Crippen LogP contribution < -0.4 is 9.47 Å². The van der Waals surface area contributed by atoms with Crippen molar-refractivity contribution >= 4 is 15.9 Å². The molecule has 104 valence electrons. The van der Waals surface area contributed by atoms with Crippen LogP contribution >= 0.6 is 15.9 Å². The standard InChI is InChI=1S/C15H12BrFO3/c16-10-2-3-12(17)11(8-10)15(18)9-1-4-13-14(7-9)20-6-5-19-13/h1-4,7-8,15,18H,5-6H2. The third kappa shape index (κ3) is 2.51. The zero-order valence-corrected chi connectivity index (χ0v) is 12.1. The van der Waals surface area contributed by atoms with E-state index < -0.39 is 11.9 Å². The molecule has 0 aromatic heterocycles. The smallest absolute Gasteiger partial charge is 0.161 e. The monoisotopic (exact) mass is 338 g/mol. The van der Waals surface area contributed by atoms with Gasteiger partial charge < -0.3 is 14.6 Å². The molecule has 0 radical (unpaired) electrons. The van der Waals surface area contributed by atoms with Crippen LogP contribution in [-0.4, -0.2) is 18.3 Å². The quantitative estimate of drug-likeness (QED) is 0.911. The first-order chi connectivity index (χ1) is 9.65. The van der Waals surface area contributed by atoms with E-state index in [4.69, 9.17) is 9.47 Å². The van der Waals surface area contributed by atoms with E-state index in [-0.39, 0.29) is 5.56 Å². The minimum Gasteiger partial charge on any atom is -0.486 e. The van der Waals surface area contributed by atoms with Gasteiger partial charge in [-0.3, -0.25) is 0 Å². The van der Waals surface area contributed by atoms with Gasteiger partial charge in [0, 0.05) is 10.0 Å². The maximum absolute atomic E-state index is 13.8. The summed E-state index contributed by atoms with van der Waals surface area (Å²) in [7, 11) is 0. The molecule has 5 heteroatoms. The van der Waals surface area contributed by atoms with Crippen molar-refractivity contribution in [2.45, 2.75) is 6.10 Å². The van der Waals surface area contributed by atoms with E-state index in [0.29, 0.717) is 34.7 Å². The van der Waals surface area contributed by atoms with Crippen molar-refractivity contribution in [3.63, 3.8) is 0 Å². The van der Waals surface area contributed by atoms with E-state index >= 15 is 0 Å². The Kier molecular flexibility index (Phi) is 3.63. The van der Waals surface area contributed by atoms with E-state index in [1.165, 1.54) is 6.07 Å². The van der Waals surface area contributed by atoms with Crippen LogP contribution in [0.3, 0.4) is 0 Å². The van der Waals surface area contributed by atoms with Crippen molar-refractivity contribution in [3.05, 3.63) is 57.8 Å². The van der Waals surface area contributed by atoms with Crippen molar-refractivity contribution in [2.75, 3.05) is 13.2 Å². The zero-order valence-electron chi connectivity index (χ0n) is 10.5. The van der Waals surface area contributed by atoms with Gasteiger partial charge in [-0.05, 0) is 35.9 Å². The van der Waals surface area contributed by atoms with Gasteiger partial charge in [-0.15, -0.1) is 0 Å².